The number of piperidine rings is 1. The Morgan fingerprint density at radius 3 is 2.85 bits per heavy atom. The molecule has 4 unspecified atom stereocenters. The van der Waals surface area contributed by atoms with Crippen LogP contribution in [0.25, 0.3) is 10.9 Å². The number of hydrogen-bond acceptors (Lipinski definition) is 6. The van der Waals surface area contributed by atoms with Crippen LogP contribution in [-0.4, -0.2) is 51.8 Å². The van der Waals surface area contributed by atoms with E-state index in [4.69, 9.17) is 4.74 Å². The number of benzene rings is 1. The second kappa shape index (κ2) is 6.42. The molecule has 1 N–H and O–H groups in total. The molecule has 144 valence electrons. The van der Waals surface area contributed by atoms with Crippen LogP contribution in [0.4, 0.5) is 0 Å². The van der Waals surface area contributed by atoms with Crippen LogP contribution >= 0.6 is 0 Å². The summed E-state index contributed by atoms with van der Waals surface area (Å²) in [5.41, 5.74) is 0.0850. The van der Waals surface area contributed by atoms with Crippen LogP contribution in [0.15, 0.2) is 29.3 Å². The number of hydrogen-bond donors (Lipinski definition) is 1. The van der Waals surface area contributed by atoms with Gasteiger partial charge in [-0.05, 0) is 44.0 Å². The van der Waals surface area contributed by atoms with Gasteiger partial charge < -0.3 is 14.7 Å². The zero-order valence-corrected chi connectivity index (χ0v) is 15.9. The van der Waals surface area contributed by atoms with Gasteiger partial charge in [0.25, 0.3) is 5.56 Å². The Hall–Kier alpha value is -2.25. The number of esters is 1. The lowest BCUT2D eigenvalue weighted by Crippen LogP contribution is -2.42. The highest BCUT2D eigenvalue weighted by molar-refractivity contribution is 5.79. The molecule has 0 spiro atoms. The monoisotopic (exact) mass is 371 g/mol. The van der Waals surface area contributed by atoms with E-state index in [1.807, 2.05) is 6.07 Å². The van der Waals surface area contributed by atoms with E-state index in [-0.39, 0.29) is 24.6 Å². The summed E-state index contributed by atoms with van der Waals surface area (Å²) in [6, 6.07) is 5.75. The number of aromatic nitrogens is 2. The third kappa shape index (κ3) is 2.76. The Balaban J connectivity index is 1.73. The number of ether oxygens (including phenoxy) is 1. The summed E-state index contributed by atoms with van der Waals surface area (Å²) >= 11 is 0. The molecule has 1 aliphatic heterocycles. The number of carbonyl (C=O) groups excluding carboxylic acids is 1. The normalized spacial score (nSPS) is 30.1. The van der Waals surface area contributed by atoms with E-state index < -0.39 is 11.6 Å². The van der Waals surface area contributed by atoms with Crippen molar-refractivity contribution in [2.75, 3.05) is 20.2 Å². The standard InChI is InChI=1S/C20H25N3O4/c1-4-27-18(24)10-23-11-21-16-6-5-13(7-14(16)19(23)25)20(26)8-17-12(2)15(20)9-22(17)3/h5-7,11-12,15,17,26H,4,8-10H2,1-3H3. The Kier molecular flexibility index (Phi) is 4.31. The fourth-order valence-electron chi connectivity index (χ4n) is 4.90. The zero-order chi connectivity index (χ0) is 19.3. The van der Waals surface area contributed by atoms with Gasteiger partial charge in [0.2, 0.25) is 0 Å². The van der Waals surface area contributed by atoms with E-state index in [9.17, 15) is 14.7 Å². The molecule has 2 bridgehead atoms. The van der Waals surface area contributed by atoms with Crippen molar-refractivity contribution in [2.45, 2.75) is 38.5 Å². The van der Waals surface area contributed by atoms with E-state index in [2.05, 4.69) is 23.9 Å². The second-order valence-corrected chi connectivity index (χ2v) is 7.82. The van der Waals surface area contributed by atoms with E-state index >= 15 is 0 Å². The van der Waals surface area contributed by atoms with Crippen molar-refractivity contribution in [2.24, 2.45) is 11.8 Å². The first-order valence-corrected chi connectivity index (χ1v) is 9.43. The SMILES string of the molecule is CCOC(=O)Cn1cnc2ccc(C3(O)CC4C(C)C3CN4C)cc2c1=O. The lowest BCUT2D eigenvalue weighted by Gasteiger charge is -2.36. The summed E-state index contributed by atoms with van der Waals surface area (Å²) in [6.45, 7) is 4.85. The summed E-state index contributed by atoms with van der Waals surface area (Å²) in [7, 11) is 2.10. The molecular formula is C20H25N3O4. The molecule has 27 heavy (non-hydrogen) atoms. The molecule has 7 nitrogen and oxygen atoms in total. The van der Waals surface area contributed by atoms with Crippen molar-refractivity contribution in [1.29, 1.82) is 0 Å². The number of aliphatic hydroxyl groups is 1. The minimum absolute atomic E-state index is 0.142. The predicted octanol–water partition coefficient (Wildman–Crippen LogP) is 1.12. The first-order chi connectivity index (χ1) is 12.8. The zero-order valence-electron chi connectivity index (χ0n) is 15.9. The molecule has 0 radical (unpaired) electrons. The molecule has 1 aromatic heterocycles. The van der Waals surface area contributed by atoms with Gasteiger partial charge in [0.1, 0.15) is 6.54 Å². The molecule has 4 atom stereocenters. The first kappa shape index (κ1) is 18.1. The van der Waals surface area contributed by atoms with Gasteiger partial charge in [0.05, 0.1) is 29.4 Å². The molecule has 1 saturated carbocycles. The topological polar surface area (TPSA) is 84.7 Å². The van der Waals surface area contributed by atoms with Crippen molar-refractivity contribution in [3.63, 3.8) is 0 Å². The minimum Gasteiger partial charge on any atom is -0.465 e. The van der Waals surface area contributed by atoms with Gasteiger partial charge in [0, 0.05) is 18.5 Å². The van der Waals surface area contributed by atoms with E-state index in [1.165, 1.54) is 10.9 Å². The Morgan fingerprint density at radius 1 is 1.44 bits per heavy atom. The van der Waals surface area contributed by atoms with Gasteiger partial charge >= 0.3 is 5.97 Å². The second-order valence-electron chi connectivity index (χ2n) is 7.82. The summed E-state index contributed by atoms with van der Waals surface area (Å²) in [6.07, 6.45) is 2.03. The highest BCUT2D eigenvalue weighted by Gasteiger charge is 2.57. The van der Waals surface area contributed by atoms with Crippen LogP contribution in [0.3, 0.4) is 0 Å². The average Bonchev–Trinajstić information content (AvgIpc) is 3.06. The molecular weight excluding hydrogens is 346 g/mol. The Morgan fingerprint density at radius 2 is 2.22 bits per heavy atom. The number of likely N-dealkylation sites (tertiary alicyclic amines) is 1. The van der Waals surface area contributed by atoms with Crippen molar-refractivity contribution in [3.8, 4) is 0 Å². The quantitative estimate of drug-likeness (QED) is 0.811. The average molecular weight is 371 g/mol. The largest absolute Gasteiger partial charge is 0.465 e. The van der Waals surface area contributed by atoms with Crippen LogP contribution < -0.4 is 5.56 Å². The van der Waals surface area contributed by atoms with Crippen LogP contribution in [-0.2, 0) is 21.7 Å². The number of fused-ring (bicyclic) bond motifs is 3. The minimum atomic E-state index is -0.932. The van der Waals surface area contributed by atoms with E-state index in [1.54, 1.807) is 19.1 Å². The highest BCUT2D eigenvalue weighted by Crippen LogP contribution is 2.53. The molecule has 1 saturated heterocycles. The summed E-state index contributed by atoms with van der Waals surface area (Å²) < 4.78 is 6.17. The Labute approximate surface area is 157 Å². The van der Waals surface area contributed by atoms with Gasteiger partial charge in [-0.3, -0.25) is 14.2 Å². The van der Waals surface area contributed by atoms with Crippen molar-refractivity contribution < 1.29 is 14.6 Å². The molecule has 2 fully saturated rings. The smallest absolute Gasteiger partial charge is 0.326 e. The maximum absolute atomic E-state index is 12.8. The summed E-state index contributed by atoms with van der Waals surface area (Å²) in [5.74, 6) is 0.0777. The third-order valence-electron chi connectivity index (χ3n) is 6.35. The predicted molar refractivity (Wildman–Crippen MR) is 100 cm³/mol. The number of nitrogens with zero attached hydrogens (tertiary/aromatic N) is 3. The number of carbonyl (C=O) groups is 1. The molecule has 2 heterocycles. The molecule has 4 rings (SSSR count). The van der Waals surface area contributed by atoms with Crippen LogP contribution in [0.5, 0.6) is 0 Å². The van der Waals surface area contributed by atoms with Crippen molar-refractivity contribution in [3.05, 3.63) is 40.4 Å². The van der Waals surface area contributed by atoms with Crippen LogP contribution in [0.1, 0.15) is 25.8 Å². The maximum atomic E-state index is 12.8. The molecule has 0 amide bonds. The van der Waals surface area contributed by atoms with Gasteiger partial charge in [0.15, 0.2) is 0 Å². The summed E-state index contributed by atoms with van der Waals surface area (Å²) in [5, 5.41) is 11.9. The fourth-order valence-corrected chi connectivity index (χ4v) is 4.90. The first-order valence-electron chi connectivity index (χ1n) is 9.43. The lowest BCUT2D eigenvalue weighted by molar-refractivity contribution is -0.143. The van der Waals surface area contributed by atoms with Gasteiger partial charge in [-0.2, -0.15) is 0 Å². The van der Waals surface area contributed by atoms with Crippen molar-refractivity contribution in [1.82, 2.24) is 14.5 Å². The van der Waals surface area contributed by atoms with Gasteiger partial charge in [-0.25, -0.2) is 4.98 Å². The molecule has 2 aliphatic rings. The van der Waals surface area contributed by atoms with Gasteiger partial charge in [-0.15, -0.1) is 0 Å². The van der Waals surface area contributed by atoms with Crippen molar-refractivity contribution >= 4 is 16.9 Å². The van der Waals surface area contributed by atoms with E-state index in [0.29, 0.717) is 29.3 Å². The fraction of sp³-hybridized carbons (Fsp3) is 0.550. The van der Waals surface area contributed by atoms with E-state index in [0.717, 1.165) is 12.1 Å². The van der Waals surface area contributed by atoms with Crippen LogP contribution in [0, 0.1) is 11.8 Å². The number of rotatable bonds is 4. The highest BCUT2D eigenvalue weighted by atomic mass is 16.5. The molecule has 7 heteroatoms. The molecule has 1 aromatic carbocycles. The molecule has 1 aliphatic carbocycles. The lowest BCUT2D eigenvalue weighted by atomic mass is 9.80. The summed E-state index contributed by atoms with van der Waals surface area (Å²) in [4.78, 5) is 31.2. The molecule has 2 aromatic rings. The third-order valence-corrected chi connectivity index (χ3v) is 6.35. The maximum Gasteiger partial charge on any atom is 0.326 e. The van der Waals surface area contributed by atoms with Gasteiger partial charge in [-0.1, -0.05) is 13.0 Å². The Bertz CT molecular complexity index is 956. The van der Waals surface area contributed by atoms with Crippen LogP contribution in [0.2, 0.25) is 0 Å².